The zero-order valence-corrected chi connectivity index (χ0v) is 14.6. The molecule has 0 aliphatic rings. The largest absolute Gasteiger partial charge is 0.494 e. The first-order valence-corrected chi connectivity index (χ1v) is 8.37. The minimum atomic E-state index is -0.281. The second-order valence-corrected chi connectivity index (χ2v) is 5.65. The van der Waals surface area contributed by atoms with Gasteiger partial charge in [0.1, 0.15) is 5.75 Å². The van der Waals surface area contributed by atoms with Crippen molar-refractivity contribution < 1.29 is 9.53 Å². The van der Waals surface area contributed by atoms with E-state index in [1.807, 2.05) is 31.2 Å². The van der Waals surface area contributed by atoms with Gasteiger partial charge in [0.15, 0.2) is 0 Å². The van der Waals surface area contributed by atoms with Crippen molar-refractivity contribution in [1.29, 1.82) is 0 Å². The van der Waals surface area contributed by atoms with Crippen molar-refractivity contribution in [1.82, 2.24) is 5.43 Å². The quantitative estimate of drug-likeness (QED) is 0.586. The standard InChI is InChI=1S/C19H21ClN2O2/c1-3-6-18(14-9-11-17(12-10-14)24-4-2)21-22-19(23)15-7-5-8-16(20)13-15/h5,7-13H,3-4,6H2,1-2H3,(H,22,23)/b21-18-. The Morgan fingerprint density at radius 3 is 2.50 bits per heavy atom. The summed E-state index contributed by atoms with van der Waals surface area (Å²) in [6.07, 6.45) is 1.70. The summed E-state index contributed by atoms with van der Waals surface area (Å²) < 4.78 is 5.45. The van der Waals surface area contributed by atoms with E-state index in [1.54, 1.807) is 24.3 Å². The number of carbonyl (C=O) groups is 1. The first-order chi connectivity index (χ1) is 11.6. The molecule has 0 heterocycles. The summed E-state index contributed by atoms with van der Waals surface area (Å²) in [4.78, 5) is 12.2. The van der Waals surface area contributed by atoms with Gasteiger partial charge in [0.05, 0.1) is 12.3 Å². The van der Waals surface area contributed by atoms with Gasteiger partial charge in [-0.1, -0.05) is 31.0 Å². The fourth-order valence-corrected chi connectivity index (χ4v) is 2.41. The molecule has 0 radical (unpaired) electrons. The molecule has 1 amide bonds. The van der Waals surface area contributed by atoms with Crippen LogP contribution in [0, 0.1) is 0 Å². The molecule has 0 spiro atoms. The fraction of sp³-hybridized carbons (Fsp3) is 0.263. The van der Waals surface area contributed by atoms with Crippen LogP contribution < -0.4 is 10.2 Å². The van der Waals surface area contributed by atoms with E-state index in [4.69, 9.17) is 16.3 Å². The molecule has 0 saturated heterocycles. The van der Waals surface area contributed by atoms with Crippen molar-refractivity contribution in [3.8, 4) is 5.75 Å². The molecule has 5 heteroatoms. The van der Waals surface area contributed by atoms with E-state index in [0.717, 1.165) is 29.9 Å². The molecule has 0 bridgehead atoms. The highest BCUT2D eigenvalue weighted by atomic mass is 35.5. The van der Waals surface area contributed by atoms with Gasteiger partial charge in [0.2, 0.25) is 0 Å². The summed E-state index contributed by atoms with van der Waals surface area (Å²) in [5.41, 5.74) is 4.88. The summed E-state index contributed by atoms with van der Waals surface area (Å²) in [5.74, 6) is 0.539. The first kappa shape index (κ1) is 18.0. The summed E-state index contributed by atoms with van der Waals surface area (Å²) >= 11 is 5.91. The van der Waals surface area contributed by atoms with Gasteiger partial charge in [-0.25, -0.2) is 5.43 Å². The molecular weight excluding hydrogens is 324 g/mol. The van der Waals surface area contributed by atoms with Gasteiger partial charge in [-0.15, -0.1) is 0 Å². The SMILES string of the molecule is CCC/C(=N/NC(=O)c1cccc(Cl)c1)c1ccc(OCC)cc1. The zero-order chi connectivity index (χ0) is 17.4. The van der Waals surface area contributed by atoms with E-state index >= 15 is 0 Å². The summed E-state index contributed by atoms with van der Waals surface area (Å²) in [6.45, 7) is 4.65. The van der Waals surface area contributed by atoms with E-state index in [9.17, 15) is 4.79 Å². The van der Waals surface area contributed by atoms with Gasteiger partial charge in [0.25, 0.3) is 5.91 Å². The van der Waals surface area contributed by atoms with E-state index in [2.05, 4.69) is 17.5 Å². The van der Waals surface area contributed by atoms with Crippen LogP contribution in [-0.4, -0.2) is 18.2 Å². The number of ether oxygens (including phenoxy) is 1. The van der Waals surface area contributed by atoms with Gasteiger partial charge in [-0.05, 0) is 61.4 Å². The maximum atomic E-state index is 12.2. The van der Waals surface area contributed by atoms with Crippen LogP contribution in [-0.2, 0) is 0 Å². The molecule has 2 rings (SSSR count). The molecule has 24 heavy (non-hydrogen) atoms. The number of hydrazone groups is 1. The number of nitrogens with one attached hydrogen (secondary N) is 1. The van der Waals surface area contributed by atoms with Crippen LogP contribution in [0.4, 0.5) is 0 Å². The average Bonchev–Trinajstić information content (AvgIpc) is 2.59. The van der Waals surface area contributed by atoms with Crippen molar-refractivity contribution in [2.75, 3.05) is 6.61 Å². The lowest BCUT2D eigenvalue weighted by Gasteiger charge is -2.08. The lowest BCUT2D eigenvalue weighted by Crippen LogP contribution is -2.20. The van der Waals surface area contributed by atoms with Gasteiger partial charge < -0.3 is 4.74 Å². The summed E-state index contributed by atoms with van der Waals surface area (Å²) in [5, 5.41) is 4.82. The molecule has 0 aliphatic heterocycles. The maximum absolute atomic E-state index is 12.2. The molecule has 0 aromatic heterocycles. The third-order valence-electron chi connectivity index (χ3n) is 3.36. The fourth-order valence-electron chi connectivity index (χ4n) is 2.22. The van der Waals surface area contributed by atoms with E-state index < -0.39 is 0 Å². The predicted molar refractivity (Wildman–Crippen MR) is 98.0 cm³/mol. The van der Waals surface area contributed by atoms with Gasteiger partial charge >= 0.3 is 0 Å². The van der Waals surface area contributed by atoms with Crippen LogP contribution >= 0.6 is 11.6 Å². The number of benzene rings is 2. The molecular formula is C19H21ClN2O2. The van der Waals surface area contributed by atoms with Crippen LogP contribution in [0.3, 0.4) is 0 Å². The monoisotopic (exact) mass is 344 g/mol. The molecule has 0 saturated carbocycles. The van der Waals surface area contributed by atoms with Gasteiger partial charge in [-0.3, -0.25) is 4.79 Å². The van der Waals surface area contributed by atoms with Gasteiger partial charge in [-0.2, -0.15) is 5.10 Å². The number of rotatable bonds is 7. The Kier molecular flexibility index (Phi) is 6.82. The van der Waals surface area contributed by atoms with Crippen LogP contribution in [0.25, 0.3) is 0 Å². The third-order valence-corrected chi connectivity index (χ3v) is 3.60. The molecule has 0 fully saturated rings. The van der Waals surface area contributed by atoms with Crippen LogP contribution in [0.5, 0.6) is 5.75 Å². The Bertz CT molecular complexity index is 712. The minimum Gasteiger partial charge on any atom is -0.494 e. The number of nitrogens with zero attached hydrogens (tertiary/aromatic N) is 1. The lowest BCUT2D eigenvalue weighted by molar-refractivity contribution is 0.0955. The normalized spacial score (nSPS) is 11.2. The van der Waals surface area contributed by atoms with Crippen molar-refractivity contribution in [2.24, 2.45) is 5.10 Å². The van der Waals surface area contributed by atoms with Crippen LogP contribution in [0.1, 0.15) is 42.6 Å². The molecule has 0 atom stereocenters. The minimum absolute atomic E-state index is 0.281. The Labute approximate surface area is 147 Å². The molecule has 2 aromatic rings. The van der Waals surface area contributed by atoms with Crippen LogP contribution in [0.2, 0.25) is 5.02 Å². The Hall–Kier alpha value is -2.33. The predicted octanol–water partition coefficient (Wildman–Crippen LogP) is 4.67. The Morgan fingerprint density at radius 2 is 1.88 bits per heavy atom. The number of amides is 1. The Balaban J connectivity index is 2.14. The highest BCUT2D eigenvalue weighted by molar-refractivity contribution is 6.30. The number of halogens is 1. The van der Waals surface area contributed by atoms with E-state index in [0.29, 0.717) is 17.2 Å². The van der Waals surface area contributed by atoms with E-state index in [-0.39, 0.29) is 5.91 Å². The molecule has 4 nitrogen and oxygen atoms in total. The number of hydrogen-bond acceptors (Lipinski definition) is 3. The smallest absolute Gasteiger partial charge is 0.271 e. The van der Waals surface area contributed by atoms with Crippen LogP contribution in [0.15, 0.2) is 53.6 Å². The van der Waals surface area contributed by atoms with Crippen molar-refractivity contribution >= 4 is 23.2 Å². The third kappa shape index (κ3) is 5.10. The number of carbonyl (C=O) groups excluding carboxylic acids is 1. The van der Waals surface area contributed by atoms with Gasteiger partial charge in [0, 0.05) is 10.6 Å². The molecule has 1 N–H and O–H groups in total. The summed E-state index contributed by atoms with van der Waals surface area (Å²) in [7, 11) is 0. The highest BCUT2D eigenvalue weighted by Crippen LogP contribution is 2.15. The maximum Gasteiger partial charge on any atom is 0.271 e. The Morgan fingerprint density at radius 1 is 1.12 bits per heavy atom. The molecule has 2 aromatic carbocycles. The van der Waals surface area contributed by atoms with Crippen molar-refractivity contribution in [3.63, 3.8) is 0 Å². The second-order valence-electron chi connectivity index (χ2n) is 5.22. The topological polar surface area (TPSA) is 50.7 Å². The summed E-state index contributed by atoms with van der Waals surface area (Å²) in [6, 6.07) is 14.5. The molecule has 126 valence electrons. The lowest BCUT2D eigenvalue weighted by atomic mass is 10.1. The average molecular weight is 345 g/mol. The highest BCUT2D eigenvalue weighted by Gasteiger charge is 2.07. The molecule has 0 aliphatic carbocycles. The van der Waals surface area contributed by atoms with Crippen molar-refractivity contribution in [3.05, 3.63) is 64.7 Å². The second kappa shape index (κ2) is 9.08. The zero-order valence-electron chi connectivity index (χ0n) is 13.9. The van der Waals surface area contributed by atoms with Crippen molar-refractivity contribution in [2.45, 2.75) is 26.7 Å². The molecule has 0 unspecified atom stereocenters. The van der Waals surface area contributed by atoms with E-state index in [1.165, 1.54) is 0 Å². The number of hydrogen-bond donors (Lipinski definition) is 1. The first-order valence-electron chi connectivity index (χ1n) is 7.99.